The Hall–Kier alpha value is -3.29. The third-order valence-electron chi connectivity index (χ3n) is 3.92. The summed E-state index contributed by atoms with van der Waals surface area (Å²) in [6.07, 6.45) is 0. The van der Waals surface area contributed by atoms with Gasteiger partial charge in [-0.15, -0.1) is 5.10 Å². The van der Waals surface area contributed by atoms with Gasteiger partial charge in [0, 0.05) is 7.05 Å². The fourth-order valence-corrected chi connectivity index (χ4v) is 2.67. The molecular weight excluding hydrogens is 325 g/mol. The Morgan fingerprint density at radius 2 is 2.00 bits per heavy atom. The van der Waals surface area contributed by atoms with Gasteiger partial charge < -0.3 is 10.6 Å². The number of likely N-dealkylation sites (N-methyl/N-ethyl adjacent to an activating group) is 1. The van der Waals surface area contributed by atoms with Crippen LogP contribution in [0.4, 0.5) is 4.39 Å². The van der Waals surface area contributed by atoms with Crippen molar-refractivity contribution >= 4 is 22.8 Å². The first-order valence-corrected chi connectivity index (χ1v) is 7.56. The van der Waals surface area contributed by atoms with Crippen molar-refractivity contribution in [3.8, 4) is 0 Å². The molecule has 0 spiro atoms. The van der Waals surface area contributed by atoms with Gasteiger partial charge in [0.05, 0.1) is 5.52 Å². The summed E-state index contributed by atoms with van der Waals surface area (Å²) in [6, 6.07) is 11.6. The Labute approximate surface area is 142 Å². The number of para-hydroxylation sites is 1. The van der Waals surface area contributed by atoms with E-state index in [0.29, 0.717) is 16.6 Å². The van der Waals surface area contributed by atoms with E-state index >= 15 is 0 Å². The minimum atomic E-state index is -1.07. The minimum absolute atomic E-state index is 0.115. The van der Waals surface area contributed by atoms with Crippen LogP contribution in [-0.2, 0) is 16.1 Å². The Balaban J connectivity index is 1.86. The molecule has 128 valence electrons. The van der Waals surface area contributed by atoms with Gasteiger partial charge in [-0.1, -0.05) is 29.5 Å². The normalized spacial score (nSPS) is 12.1. The largest absolute Gasteiger partial charge is 0.368 e. The maximum Gasteiger partial charge on any atom is 0.245 e. The number of primary amides is 1. The second kappa shape index (κ2) is 6.68. The van der Waals surface area contributed by atoms with Crippen LogP contribution in [0.1, 0.15) is 11.6 Å². The van der Waals surface area contributed by atoms with Gasteiger partial charge in [-0.3, -0.25) is 9.59 Å². The van der Waals surface area contributed by atoms with E-state index in [2.05, 4.69) is 10.3 Å². The summed E-state index contributed by atoms with van der Waals surface area (Å²) in [4.78, 5) is 25.6. The minimum Gasteiger partial charge on any atom is -0.368 e. The molecule has 3 aromatic rings. The lowest BCUT2D eigenvalue weighted by Crippen LogP contribution is -2.40. The highest BCUT2D eigenvalue weighted by molar-refractivity contribution is 5.88. The Morgan fingerprint density at radius 1 is 1.24 bits per heavy atom. The van der Waals surface area contributed by atoms with E-state index in [1.807, 2.05) is 12.1 Å². The topological polar surface area (TPSA) is 94.1 Å². The molecule has 0 unspecified atom stereocenters. The lowest BCUT2D eigenvalue weighted by molar-refractivity contribution is -0.138. The van der Waals surface area contributed by atoms with Crippen LogP contribution >= 0.6 is 0 Å². The predicted octanol–water partition coefficient (Wildman–Crippen LogP) is 1.26. The maximum absolute atomic E-state index is 13.5. The molecule has 0 radical (unpaired) electrons. The lowest BCUT2D eigenvalue weighted by atomic mass is 10.0. The summed E-state index contributed by atoms with van der Waals surface area (Å²) < 4.78 is 14.9. The summed E-state index contributed by atoms with van der Waals surface area (Å²) >= 11 is 0. The number of hydrogen-bond donors (Lipinski definition) is 1. The van der Waals surface area contributed by atoms with Crippen LogP contribution in [0.15, 0.2) is 48.5 Å². The van der Waals surface area contributed by atoms with E-state index in [1.54, 1.807) is 18.2 Å². The predicted molar refractivity (Wildman–Crippen MR) is 88.6 cm³/mol. The number of rotatable bonds is 5. The van der Waals surface area contributed by atoms with E-state index < -0.39 is 23.7 Å². The van der Waals surface area contributed by atoms with E-state index in [4.69, 9.17) is 5.73 Å². The Bertz CT molecular complexity index is 939. The molecule has 2 aromatic carbocycles. The molecule has 8 heteroatoms. The molecule has 1 heterocycles. The fraction of sp³-hybridized carbons (Fsp3) is 0.176. The summed E-state index contributed by atoms with van der Waals surface area (Å²) in [5.74, 6) is -1.65. The zero-order valence-electron chi connectivity index (χ0n) is 13.5. The van der Waals surface area contributed by atoms with Crippen molar-refractivity contribution in [2.24, 2.45) is 5.73 Å². The highest BCUT2D eigenvalue weighted by atomic mass is 19.1. The van der Waals surface area contributed by atoms with Crippen LogP contribution in [0.3, 0.4) is 0 Å². The standard InChI is InChI=1S/C17H16FN5O2/c1-22(16(17(19)25)11-5-4-6-12(18)9-11)15(24)10-23-14-8-3-2-7-13(14)20-21-23/h2-9,16H,10H2,1H3,(H2,19,25)/t16-/m1/s1. The summed E-state index contributed by atoms with van der Waals surface area (Å²) in [5.41, 5.74) is 7.10. The van der Waals surface area contributed by atoms with Crippen molar-refractivity contribution in [1.82, 2.24) is 19.9 Å². The number of nitrogens with two attached hydrogens (primary N) is 1. The van der Waals surface area contributed by atoms with Crippen LogP contribution < -0.4 is 5.73 Å². The van der Waals surface area contributed by atoms with Gasteiger partial charge in [0.2, 0.25) is 11.8 Å². The van der Waals surface area contributed by atoms with Gasteiger partial charge in [-0.05, 0) is 29.8 Å². The van der Waals surface area contributed by atoms with Crippen molar-refractivity contribution in [3.05, 3.63) is 59.9 Å². The van der Waals surface area contributed by atoms with Crippen molar-refractivity contribution in [3.63, 3.8) is 0 Å². The first-order valence-electron chi connectivity index (χ1n) is 7.56. The molecule has 0 bridgehead atoms. The Morgan fingerprint density at radius 3 is 2.72 bits per heavy atom. The van der Waals surface area contributed by atoms with E-state index in [-0.39, 0.29) is 6.54 Å². The van der Waals surface area contributed by atoms with Gasteiger partial charge in [-0.25, -0.2) is 9.07 Å². The SMILES string of the molecule is CN(C(=O)Cn1nnc2ccccc21)[C@@H](C(N)=O)c1cccc(F)c1. The van der Waals surface area contributed by atoms with Gasteiger partial charge in [0.15, 0.2) is 0 Å². The molecule has 25 heavy (non-hydrogen) atoms. The summed E-state index contributed by atoms with van der Waals surface area (Å²) in [6.45, 7) is -0.115. The molecule has 2 amide bonds. The number of carbonyl (C=O) groups excluding carboxylic acids is 2. The molecule has 3 rings (SSSR count). The van der Waals surface area contributed by atoms with Crippen LogP contribution in [0.2, 0.25) is 0 Å². The molecule has 0 aliphatic heterocycles. The number of hydrogen-bond acceptors (Lipinski definition) is 4. The number of benzene rings is 2. The number of fused-ring (bicyclic) bond motifs is 1. The number of nitrogens with zero attached hydrogens (tertiary/aromatic N) is 4. The first-order chi connectivity index (χ1) is 12.0. The molecule has 0 saturated heterocycles. The molecule has 7 nitrogen and oxygen atoms in total. The van der Waals surface area contributed by atoms with Crippen molar-refractivity contribution in [1.29, 1.82) is 0 Å². The van der Waals surface area contributed by atoms with Crippen LogP contribution in [0.25, 0.3) is 11.0 Å². The highest BCUT2D eigenvalue weighted by Crippen LogP contribution is 2.21. The second-order valence-electron chi connectivity index (χ2n) is 5.60. The molecule has 0 aliphatic carbocycles. The monoisotopic (exact) mass is 341 g/mol. The first kappa shape index (κ1) is 16.6. The number of aromatic nitrogens is 3. The second-order valence-corrected chi connectivity index (χ2v) is 5.60. The third-order valence-corrected chi connectivity index (χ3v) is 3.92. The zero-order valence-corrected chi connectivity index (χ0v) is 13.5. The van der Waals surface area contributed by atoms with Crippen molar-refractivity contribution < 1.29 is 14.0 Å². The number of carbonyl (C=O) groups is 2. The Kier molecular flexibility index (Phi) is 4.42. The van der Waals surface area contributed by atoms with Crippen LogP contribution in [0.5, 0.6) is 0 Å². The van der Waals surface area contributed by atoms with E-state index in [1.165, 1.54) is 34.8 Å². The molecule has 0 saturated carbocycles. The number of halogens is 1. The van der Waals surface area contributed by atoms with E-state index in [9.17, 15) is 14.0 Å². The van der Waals surface area contributed by atoms with Crippen molar-refractivity contribution in [2.75, 3.05) is 7.05 Å². The fourth-order valence-electron chi connectivity index (χ4n) is 2.67. The van der Waals surface area contributed by atoms with Gasteiger partial charge in [0.1, 0.15) is 23.9 Å². The average molecular weight is 341 g/mol. The highest BCUT2D eigenvalue weighted by Gasteiger charge is 2.27. The molecule has 2 N–H and O–H groups in total. The molecule has 1 aromatic heterocycles. The molecular formula is C17H16FN5O2. The quantitative estimate of drug-likeness (QED) is 0.756. The van der Waals surface area contributed by atoms with Crippen LogP contribution in [-0.4, -0.2) is 38.8 Å². The van der Waals surface area contributed by atoms with Gasteiger partial charge in [-0.2, -0.15) is 0 Å². The van der Waals surface area contributed by atoms with Gasteiger partial charge >= 0.3 is 0 Å². The molecule has 0 fully saturated rings. The zero-order chi connectivity index (χ0) is 18.0. The lowest BCUT2D eigenvalue weighted by Gasteiger charge is -2.26. The van der Waals surface area contributed by atoms with Gasteiger partial charge in [0.25, 0.3) is 0 Å². The summed E-state index contributed by atoms with van der Waals surface area (Å²) in [7, 11) is 1.45. The number of amides is 2. The third kappa shape index (κ3) is 3.32. The molecule has 0 aliphatic rings. The average Bonchev–Trinajstić information content (AvgIpc) is 2.98. The maximum atomic E-state index is 13.5. The van der Waals surface area contributed by atoms with E-state index in [0.717, 1.165) is 0 Å². The smallest absolute Gasteiger partial charge is 0.245 e. The summed E-state index contributed by atoms with van der Waals surface area (Å²) in [5, 5.41) is 7.93. The van der Waals surface area contributed by atoms with Crippen LogP contribution in [0, 0.1) is 5.82 Å². The van der Waals surface area contributed by atoms with Crippen molar-refractivity contribution in [2.45, 2.75) is 12.6 Å². The molecule has 1 atom stereocenters.